The second-order valence-electron chi connectivity index (χ2n) is 4.49. The minimum Gasteiger partial charge on any atom is -0.365 e. The van der Waals surface area contributed by atoms with Gasteiger partial charge in [0.2, 0.25) is 0 Å². The molecule has 0 amide bonds. The topological polar surface area (TPSA) is 73.5 Å². The van der Waals surface area contributed by atoms with Crippen LogP contribution in [0.25, 0.3) is 11.0 Å². The third kappa shape index (κ3) is 2.03. The van der Waals surface area contributed by atoms with Crippen molar-refractivity contribution in [2.45, 2.75) is 13.5 Å². The molecule has 0 bridgehead atoms. The fourth-order valence-electron chi connectivity index (χ4n) is 2.10. The van der Waals surface area contributed by atoms with E-state index in [0.717, 1.165) is 28.1 Å². The smallest absolute Gasteiger partial charge is 0.163 e. The van der Waals surface area contributed by atoms with Gasteiger partial charge >= 0.3 is 0 Å². The van der Waals surface area contributed by atoms with E-state index >= 15 is 0 Å². The Balaban J connectivity index is 1.88. The SMILES string of the molecule is Cc1nn(C)cc1CNc1ncnc2c1cnn2C. The summed E-state index contributed by atoms with van der Waals surface area (Å²) in [6.45, 7) is 2.68. The summed E-state index contributed by atoms with van der Waals surface area (Å²) in [6, 6.07) is 0. The van der Waals surface area contributed by atoms with Gasteiger partial charge in [-0.25, -0.2) is 9.97 Å². The molecule has 0 aliphatic heterocycles. The molecule has 3 aromatic rings. The normalized spacial score (nSPS) is 11.1. The van der Waals surface area contributed by atoms with E-state index in [9.17, 15) is 0 Å². The predicted octanol–water partition coefficient (Wildman–Crippen LogP) is 1.02. The lowest BCUT2D eigenvalue weighted by molar-refractivity contribution is 0.756. The molecule has 0 saturated heterocycles. The number of aryl methyl sites for hydroxylation is 3. The molecule has 0 saturated carbocycles. The Kier molecular flexibility index (Phi) is 2.66. The average Bonchev–Trinajstić information content (AvgIpc) is 2.91. The number of nitrogens with zero attached hydrogens (tertiary/aromatic N) is 6. The van der Waals surface area contributed by atoms with E-state index in [1.807, 2.05) is 31.9 Å². The van der Waals surface area contributed by atoms with Crippen LogP contribution >= 0.6 is 0 Å². The molecule has 0 unspecified atom stereocenters. The number of hydrogen-bond acceptors (Lipinski definition) is 5. The quantitative estimate of drug-likeness (QED) is 0.758. The first-order chi connectivity index (χ1) is 9.15. The van der Waals surface area contributed by atoms with Crippen molar-refractivity contribution in [3.05, 3.63) is 30.0 Å². The van der Waals surface area contributed by atoms with Crippen molar-refractivity contribution in [3.63, 3.8) is 0 Å². The lowest BCUT2D eigenvalue weighted by atomic mass is 10.2. The van der Waals surface area contributed by atoms with Crippen LogP contribution in [0, 0.1) is 6.92 Å². The highest BCUT2D eigenvalue weighted by Gasteiger charge is 2.08. The van der Waals surface area contributed by atoms with Crippen molar-refractivity contribution in [2.24, 2.45) is 14.1 Å². The Bertz CT molecular complexity index is 725. The first-order valence-corrected chi connectivity index (χ1v) is 6.01. The van der Waals surface area contributed by atoms with Crippen LogP contribution in [0.2, 0.25) is 0 Å². The van der Waals surface area contributed by atoms with Crippen molar-refractivity contribution in [2.75, 3.05) is 5.32 Å². The molecule has 0 aliphatic rings. The van der Waals surface area contributed by atoms with Gasteiger partial charge in [0.15, 0.2) is 5.65 Å². The van der Waals surface area contributed by atoms with Crippen molar-refractivity contribution < 1.29 is 0 Å². The number of nitrogens with one attached hydrogen (secondary N) is 1. The maximum absolute atomic E-state index is 4.32. The van der Waals surface area contributed by atoms with Gasteiger partial charge in [0.1, 0.15) is 12.1 Å². The van der Waals surface area contributed by atoms with Gasteiger partial charge in [0.05, 0.1) is 17.3 Å². The van der Waals surface area contributed by atoms with Gasteiger partial charge in [-0.2, -0.15) is 10.2 Å². The summed E-state index contributed by atoms with van der Waals surface area (Å²) in [5.41, 5.74) is 2.99. The van der Waals surface area contributed by atoms with E-state index in [-0.39, 0.29) is 0 Å². The molecule has 3 aromatic heterocycles. The van der Waals surface area contributed by atoms with Gasteiger partial charge in [-0.05, 0) is 6.92 Å². The van der Waals surface area contributed by atoms with Crippen molar-refractivity contribution in [1.29, 1.82) is 0 Å². The first kappa shape index (κ1) is 11.6. The highest BCUT2D eigenvalue weighted by atomic mass is 15.3. The molecule has 0 atom stereocenters. The standard InChI is InChI=1S/C12H15N7/c1-8-9(6-18(2)17-8)4-13-11-10-5-16-19(3)12(10)15-7-14-11/h5-7H,4H2,1-3H3,(H,13,14,15). The number of rotatable bonds is 3. The lowest BCUT2D eigenvalue weighted by Crippen LogP contribution is -2.03. The minimum atomic E-state index is 0.681. The number of aromatic nitrogens is 6. The molecule has 7 heteroatoms. The van der Waals surface area contributed by atoms with E-state index in [1.165, 1.54) is 0 Å². The molecule has 0 spiro atoms. The largest absolute Gasteiger partial charge is 0.365 e. The molecule has 3 rings (SSSR count). The first-order valence-electron chi connectivity index (χ1n) is 6.01. The van der Waals surface area contributed by atoms with Crippen LogP contribution in [-0.2, 0) is 20.6 Å². The van der Waals surface area contributed by atoms with Gasteiger partial charge in [-0.3, -0.25) is 9.36 Å². The molecule has 19 heavy (non-hydrogen) atoms. The lowest BCUT2D eigenvalue weighted by Gasteiger charge is -2.05. The Labute approximate surface area is 110 Å². The maximum atomic E-state index is 4.32. The molecular weight excluding hydrogens is 242 g/mol. The summed E-state index contributed by atoms with van der Waals surface area (Å²) in [6.07, 6.45) is 5.32. The van der Waals surface area contributed by atoms with Crippen molar-refractivity contribution >= 4 is 16.9 Å². The maximum Gasteiger partial charge on any atom is 0.163 e. The third-order valence-corrected chi connectivity index (χ3v) is 3.09. The van der Waals surface area contributed by atoms with E-state index < -0.39 is 0 Å². The number of anilines is 1. The van der Waals surface area contributed by atoms with Crippen LogP contribution in [0.5, 0.6) is 0 Å². The van der Waals surface area contributed by atoms with E-state index in [1.54, 1.807) is 17.2 Å². The van der Waals surface area contributed by atoms with Crippen LogP contribution < -0.4 is 5.32 Å². The second kappa shape index (κ2) is 4.34. The molecule has 0 radical (unpaired) electrons. The summed E-state index contributed by atoms with van der Waals surface area (Å²) >= 11 is 0. The van der Waals surface area contributed by atoms with Crippen molar-refractivity contribution in [1.82, 2.24) is 29.5 Å². The molecular formula is C12H15N7. The minimum absolute atomic E-state index is 0.681. The Morgan fingerprint density at radius 1 is 1.26 bits per heavy atom. The average molecular weight is 257 g/mol. The Morgan fingerprint density at radius 3 is 2.84 bits per heavy atom. The summed E-state index contributed by atoms with van der Waals surface area (Å²) in [7, 11) is 3.78. The van der Waals surface area contributed by atoms with Gasteiger partial charge in [0.25, 0.3) is 0 Å². The van der Waals surface area contributed by atoms with E-state index in [2.05, 4.69) is 25.5 Å². The monoisotopic (exact) mass is 257 g/mol. The predicted molar refractivity (Wildman–Crippen MR) is 71.6 cm³/mol. The summed E-state index contributed by atoms with van der Waals surface area (Å²) in [4.78, 5) is 8.48. The number of hydrogen-bond donors (Lipinski definition) is 1. The summed E-state index contributed by atoms with van der Waals surface area (Å²) in [5, 5.41) is 12.7. The summed E-state index contributed by atoms with van der Waals surface area (Å²) < 4.78 is 3.55. The van der Waals surface area contributed by atoms with E-state index in [0.29, 0.717) is 6.54 Å². The second-order valence-corrected chi connectivity index (χ2v) is 4.49. The van der Waals surface area contributed by atoms with Crippen LogP contribution in [0.1, 0.15) is 11.3 Å². The molecule has 0 fully saturated rings. The zero-order valence-corrected chi connectivity index (χ0v) is 11.1. The molecule has 98 valence electrons. The zero-order valence-electron chi connectivity index (χ0n) is 11.1. The van der Waals surface area contributed by atoms with Crippen LogP contribution in [0.4, 0.5) is 5.82 Å². The Morgan fingerprint density at radius 2 is 2.11 bits per heavy atom. The van der Waals surface area contributed by atoms with Crippen LogP contribution in [-0.4, -0.2) is 29.5 Å². The van der Waals surface area contributed by atoms with Crippen molar-refractivity contribution in [3.8, 4) is 0 Å². The highest BCUT2D eigenvalue weighted by molar-refractivity contribution is 5.85. The highest BCUT2D eigenvalue weighted by Crippen LogP contribution is 2.18. The molecule has 0 aromatic carbocycles. The third-order valence-electron chi connectivity index (χ3n) is 3.09. The fourth-order valence-corrected chi connectivity index (χ4v) is 2.10. The molecule has 1 N–H and O–H groups in total. The van der Waals surface area contributed by atoms with Gasteiger partial charge < -0.3 is 5.32 Å². The molecule has 3 heterocycles. The molecule has 0 aliphatic carbocycles. The fraction of sp³-hybridized carbons (Fsp3) is 0.333. The number of fused-ring (bicyclic) bond motifs is 1. The summed E-state index contributed by atoms with van der Waals surface area (Å²) in [5.74, 6) is 0.793. The van der Waals surface area contributed by atoms with Crippen LogP contribution in [0.3, 0.4) is 0 Å². The Hall–Kier alpha value is -2.44. The molecule has 7 nitrogen and oxygen atoms in total. The van der Waals surface area contributed by atoms with Crippen LogP contribution in [0.15, 0.2) is 18.7 Å². The van der Waals surface area contributed by atoms with Gasteiger partial charge in [-0.15, -0.1) is 0 Å². The van der Waals surface area contributed by atoms with E-state index in [4.69, 9.17) is 0 Å². The zero-order chi connectivity index (χ0) is 13.4. The van der Waals surface area contributed by atoms with Gasteiger partial charge in [0, 0.05) is 32.4 Å². The van der Waals surface area contributed by atoms with Gasteiger partial charge in [-0.1, -0.05) is 0 Å².